The molecule has 0 saturated carbocycles. The molecule has 2 rings (SSSR count). The third-order valence-electron chi connectivity index (χ3n) is 3.45. The van der Waals surface area contributed by atoms with Crippen LogP contribution in [0.1, 0.15) is 17.2 Å². The highest BCUT2D eigenvalue weighted by Crippen LogP contribution is 2.35. The van der Waals surface area contributed by atoms with Crippen LogP contribution in [0.5, 0.6) is 11.5 Å². The highest BCUT2D eigenvalue weighted by atomic mass is 16.5. The van der Waals surface area contributed by atoms with E-state index in [4.69, 9.17) is 9.47 Å². The van der Waals surface area contributed by atoms with Crippen LogP contribution in [-0.2, 0) is 6.42 Å². The fraction of sp³-hybridized carbons (Fsp3) is 0.294. The van der Waals surface area contributed by atoms with Crippen molar-refractivity contribution >= 4 is 0 Å². The van der Waals surface area contributed by atoms with Crippen LogP contribution in [0.2, 0.25) is 0 Å². The topological polar surface area (TPSA) is 30.5 Å². The Bertz CT molecular complexity index is 518. The van der Waals surface area contributed by atoms with Gasteiger partial charge in [0, 0.05) is 6.04 Å². The molecule has 3 nitrogen and oxygen atoms in total. The first-order chi connectivity index (χ1) is 9.80. The quantitative estimate of drug-likeness (QED) is 0.875. The molecule has 0 aromatic heterocycles. The van der Waals surface area contributed by atoms with Crippen LogP contribution in [0.25, 0.3) is 0 Å². The van der Waals surface area contributed by atoms with Crippen LogP contribution in [0.4, 0.5) is 0 Å². The summed E-state index contributed by atoms with van der Waals surface area (Å²) in [5.41, 5.74) is 2.34. The fourth-order valence-corrected chi connectivity index (χ4v) is 2.42. The largest absolute Gasteiger partial charge is 0.496 e. The first kappa shape index (κ1) is 14.4. The van der Waals surface area contributed by atoms with Crippen LogP contribution in [0.3, 0.4) is 0 Å². The number of benzene rings is 2. The molecule has 1 N–H and O–H groups in total. The van der Waals surface area contributed by atoms with Gasteiger partial charge in [0.05, 0.1) is 19.8 Å². The summed E-state index contributed by atoms with van der Waals surface area (Å²) in [7, 11) is 5.33. The maximum absolute atomic E-state index is 5.49. The smallest absolute Gasteiger partial charge is 0.127 e. The average molecular weight is 271 g/mol. The fourth-order valence-electron chi connectivity index (χ4n) is 2.42. The Morgan fingerprint density at radius 3 is 2.00 bits per heavy atom. The standard InChI is InChI=1S/C17H21NO2/c1-18-14(12-13-8-5-4-6-9-13)17-15(19-2)10-7-11-16(17)20-3/h4-11,14,18H,12H2,1-3H3. The van der Waals surface area contributed by atoms with Crippen LogP contribution >= 0.6 is 0 Å². The third-order valence-corrected chi connectivity index (χ3v) is 3.45. The molecule has 0 spiro atoms. The molecule has 0 aliphatic heterocycles. The van der Waals surface area contributed by atoms with Gasteiger partial charge in [-0.1, -0.05) is 36.4 Å². The normalized spacial score (nSPS) is 11.9. The van der Waals surface area contributed by atoms with Gasteiger partial charge in [-0.25, -0.2) is 0 Å². The number of methoxy groups -OCH3 is 2. The highest BCUT2D eigenvalue weighted by molar-refractivity contribution is 5.47. The number of hydrogen-bond acceptors (Lipinski definition) is 3. The molecule has 0 bridgehead atoms. The molecule has 1 atom stereocenters. The summed E-state index contributed by atoms with van der Waals surface area (Å²) in [6, 6.07) is 16.4. The zero-order chi connectivity index (χ0) is 14.4. The minimum Gasteiger partial charge on any atom is -0.496 e. The Hall–Kier alpha value is -2.00. The van der Waals surface area contributed by atoms with E-state index in [1.165, 1.54) is 5.56 Å². The summed E-state index contributed by atoms with van der Waals surface area (Å²) in [4.78, 5) is 0. The maximum atomic E-state index is 5.49. The Kier molecular flexibility index (Phi) is 5.02. The molecule has 2 aromatic carbocycles. The first-order valence-corrected chi connectivity index (χ1v) is 6.72. The first-order valence-electron chi connectivity index (χ1n) is 6.72. The number of likely N-dealkylation sites (N-methyl/N-ethyl adjacent to an activating group) is 1. The molecule has 0 fully saturated rings. The van der Waals surface area contributed by atoms with E-state index >= 15 is 0 Å². The van der Waals surface area contributed by atoms with Crippen LogP contribution in [0, 0.1) is 0 Å². The lowest BCUT2D eigenvalue weighted by Crippen LogP contribution is -2.20. The van der Waals surface area contributed by atoms with Crippen molar-refractivity contribution in [1.29, 1.82) is 0 Å². The van der Waals surface area contributed by atoms with Gasteiger partial charge in [0.25, 0.3) is 0 Å². The van der Waals surface area contributed by atoms with E-state index in [0.29, 0.717) is 0 Å². The van der Waals surface area contributed by atoms with Crippen molar-refractivity contribution in [1.82, 2.24) is 5.32 Å². The van der Waals surface area contributed by atoms with Crippen molar-refractivity contribution in [3.63, 3.8) is 0 Å². The Labute approximate surface area is 120 Å². The van der Waals surface area contributed by atoms with E-state index in [1.54, 1.807) is 14.2 Å². The van der Waals surface area contributed by atoms with Crippen molar-refractivity contribution in [2.24, 2.45) is 0 Å². The SMILES string of the molecule is CNC(Cc1ccccc1)c1c(OC)cccc1OC. The van der Waals surface area contributed by atoms with Crippen LogP contribution < -0.4 is 14.8 Å². The van der Waals surface area contributed by atoms with E-state index < -0.39 is 0 Å². The number of rotatable bonds is 6. The zero-order valence-electron chi connectivity index (χ0n) is 12.2. The number of ether oxygens (including phenoxy) is 2. The van der Waals surface area contributed by atoms with Gasteiger partial charge in [0.1, 0.15) is 11.5 Å². The minimum atomic E-state index is 0.142. The minimum absolute atomic E-state index is 0.142. The van der Waals surface area contributed by atoms with Crippen molar-refractivity contribution in [2.75, 3.05) is 21.3 Å². The molecular weight excluding hydrogens is 250 g/mol. The molecule has 0 aliphatic rings. The molecule has 3 heteroatoms. The van der Waals surface area contributed by atoms with Gasteiger partial charge < -0.3 is 14.8 Å². The summed E-state index contributed by atoms with van der Waals surface area (Å²) >= 11 is 0. The Morgan fingerprint density at radius 1 is 0.900 bits per heavy atom. The summed E-state index contributed by atoms with van der Waals surface area (Å²) in [6.45, 7) is 0. The molecule has 0 radical (unpaired) electrons. The lowest BCUT2D eigenvalue weighted by atomic mass is 9.97. The molecular formula is C17H21NO2. The summed E-state index contributed by atoms with van der Waals surface area (Å²) in [5, 5.41) is 3.36. The van der Waals surface area contributed by atoms with Gasteiger partial charge in [-0.2, -0.15) is 0 Å². The van der Waals surface area contributed by atoms with Gasteiger partial charge in [-0.15, -0.1) is 0 Å². The van der Waals surface area contributed by atoms with Crippen LogP contribution in [0.15, 0.2) is 48.5 Å². The predicted octanol–water partition coefficient (Wildman–Crippen LogP) is 3.21. The predicted molar refractivity (Wildman–Crippen MR) is 81.5 cm³/mol. The van der Waals surface area contributed by atoms with E-state index in [0.717, 1.165) is 23.5 Å². The van der Waals surface area contributed by atoms with E-state index in [-0.39, 0.29) is 6.04 Å². The van der Waals surface area contributed by atoms with Gasteiger partial charge in [0.2, 0.25) is 0 Å². The van der Waals surface area contributed by atoms with Gasteiger partial charge in [-0.05, 0) is 31.2 Å². The Balaban J connectivity index is 2.36. The van der Waals surface area contributed by atoms with E-state index in [1.807, 2.05) is 31.3 Å². The zero-order valence-corrected chi connectivity index (χ0v) is 12.2. The highest BCUT2D eigenvalue weighted by Gasteiger charge is 2.19. The van der Waals surface area contributed by atoms with Crippen molar-refractivity contribution < 1.29 is 9.47 Å². The van der Waals surface area contributed by atoms with Gasteiger partial charge in [0.15, 0.2) is 0 Å². The number of hydrogen-bond donors (Lipinski definition) is 1. The van der Waals surface area contributed by atoms with Crippen molar-refractivity contribution in [3.8, 4) is 11.5 Å². The molecule has 1 unspecified atom stereocenters. The third kappa shape index (κ3) is 3.11. The van der Waals surface area contributed by atoms with Crippen LogP contribution in [-0.4, -0.2) is 21.3 Å². The van der Waals surface area contributed by atoms with E-state index in [2.05, 4.69) is 29.6 Å². The molecule has 106 valence electrons. The summed E-state index contributed by atoms with van der Waals surface area (Å²) in [5.74, 6) is 1.69. The molecule has 0 aliphatic carbocycles. The summed E-state index contributed by atoms with van der Waals surface area (Å²) < 4.78 is 11.0. The van der Waals surface area contributed by atoms with Crippen molar-refractivity contribution in [3.05, 3.63) is 59.7 Å². The molecule has 0 heterocycles. The van der Waals surface area contributed by atoms with Gasteiger partial charge in [-0.3, -0.25) is 0 Å². The second kappa shape index (κ2) is 6.96. The summed E-state index contributed by atoms with van der Waals surface area (Å²) in [6.07, 6.45) is 0.883. The molecule has 20 heavy (non-hydrogen) atoms. The average Bonchev–Trinajstić information content (AvgIpc) is 2.52. The second-order valence-corrected chi connectivity index (χ2v) is 4.61. The molecule has 0 amide bonds. The molecule has 0 saturated heterocycles. The van der Waals surface area contributed by atoms with Gasteiger partial charge >= 0.3 is 0 Å². The monoisotopic (exact) mass is 271 g/mol. The maximum Gasteiger partial charge on any atom is 0.127 e. The Morgan fingerprint density at radius 2 is 1.50 bits per heavy atom. The molecule has 2 aromatic rings. The second-order valence-electron chi connectivity index (χ2n) is 4.61. The lowest BCUT2D eigenvalue weighted by Gasteiger charge is -2.22. The van der Waals surface area contributed by atoms with E-state index in [9.17, 15) is 0 Å². The van der Waals surface area contributed by atoms with Crippen molar-refractivity contribution in [2.45, 2.75) is 12.5 Å². The lowest BCUT2D eigenvalue weighted by molar-refractivity contribution is 0.373. The number of nitrogens with one attached hydrogen (secondary N) is 1.